The number of hydrogen-bond donors (Lipinski definition) is 8. The van der Waals surface area contributed by atoms with Crippen LogP contribution in [-0.4, -0.2) is 81.0 Å². The third-order valence-corrected chi connectivity index (χ3v) is 4.33. The second-order valence-electron chi connectivity index (χ2n) is 7.17. The molecule has 0 aliphatic rings. The first-order valence-electron chi connectivity index (χ1n) is 9.86. The molecule has 4 amide bonds. The number of carboxylic acids is 3. The highest BCUT2D eigenvalue weighted by Crippen LogP contribution is 2.04. The Morgan fingerprint density at radius 1 is 0.697 bits per heavy atom. The zero-order valence-corrected chi connectivity index (χ0v) is 17.9. The lowest BCUT2D eigenvalue weighted by Gasteiger charge is -2.23. The van der Waals surface area contributed by atoms with Crippen LogP contribution in [0.1, 0.15) is 45.4 Å². The standard InChI is InChI=1S/C18H29N5O10/c1-8(21-16(30)9(19)2-5-12(20)24)15(29)22-10(3-6-13(25)26)17(31)23-11(18(32)33)4-7-14(27)28/h8-11H,2-7,19H2,1H3,(H2,20,24)(H,21,30)(H,22,29)(H,23,31)(H,25,26)(H,27,28)(H,32,33). The topological polar surface area (TPSA) is 268 Å². The third kappa shape index (κ3) is 12.6. The fraction of sp³-hybridized carbons (Fsp3) is 0.611. The van der Waals surface area contributed by atoms with Crippen molar-refractivity contribution < 1.29 is 48.9 Å². The molecule has 0 saturated heterocycles. The molecule has 0 aromatic rings. The molecule has 4 atom stereocenters. The van der Waals surface area contributed by atoms with Crippen molar-refractivity contribution in [1.82, 2.24) is 16.0 Å². The van der Waals surface area contributed by atoms with Crippen LogP contribution in [0.3, 0.4) is 0 Å². The fourth-order valence-electron chi connectivity index (χ4n) is 2.45. The Hall–Kier alpha value is -3.75. The third-order valence-electron chi connectivity index (χ3n) is 4.33. The first-order valence-corrected chi connectivity index (χ1v) is 9.86. The van der Waals surface area contributed by atoms with Gasteiger partial charge in [0.2, 0.25) is 23.6 Å². The minimum absolute atomic E-state index is 0.0634. The number of rotatable bonds is 16. The highest BCUT2D eigenvalue weighted by molar-refractivity contribution is 5.94. The summed E-state index contributed by atoms with van der Waals surface area (Å²) in [5, 5.41) is 33.3. The second-order valence-corrected chi connectivity index (χ2v) is 7.17. The van der Waals surface area contributed by atoms with Gasteiger partial charge in [0.15, 0.2) is 0 Å². The van der Waals surface area contributed by atoms with Gasteiger partial charge in [0.05, 0.1) is 6.04 Å². The highest BCUT2D eigenvalue weighted by Gasteiger charge is 2.29. The summed E-state index contributed by atoms with van der Waals surface area (Å²) >= 11 is 0. The van der Waals surface area contributed by atoms with Crippen LogP contribution in [-0.2, 0) is 33.6 Å². The minimum Gasteiger partial charge on any atom is -0.481 e. The van der Waals surface area contributed by atoms with E-state index >= 15 is 0 Å². The predicted octanol–water partition coefficient (Wildman–Crippen LogP) is -3.13. The summed E-state index contributed by atoms with van der Waals surface area (Å²) < 4.78 is 0. The van der Waals surface area contributed by atoms with Crippen LogP contribution in [0.5, 0.6) is 0 Å². The maximum Gasteiger partial charge on any atom is 0.326 e. The summed E-state index contributed by atoms with van der Waals surface area (Å²) in [6.45, 7) is 1.26. The number of nitrogens with one attached hydrogen (secondary N) is 3. The SMILES string of the molecule is CC(NC(=O)C(N)CCC(N)=O)C(=O)NC(CCC(=O)O)C(=O)NC(CCC(=O)O)C(=O)O. The van der Waals surface area contributed by atoms with E-state index in [9.17, 15) is 33.6 Å². The van der Waals surface area contributed by atoms with Gasteiger partial charge in [-0.15, -0.1) is 0 Å². The largest absolute Gasteiger partial charge is 0.481 e. The molecule has 0 spiro atoms. The number of amides is 4. The van der Waals surface area contributed by atoms with Crippen molar-refractivity contribution in [3.8, 4) is 0 Å². The van der Waals surface area contributed by atoms with Gasteiger partial charge in [0, 0.05) is 19.3 Å². The summed E-state index contributed by atoms with van der Waals surface area (Å²) in [7, 11) is 0. The molecular weight excluding hydrogens is 446 g/mol. The highest BCUT2D eigenvalue weighted by atomic mass is 16.4. The molecule has 15 heteroatoms. The molecule has 0 aromatic heterocycles. The number of nitrogens with two attached hydrogens (primary N) is 2. The van der Waals surface area contributed by atoms with E-state index < -0.39 is 91.4 Å². The van der Waals surface area contributed by atoms with E-state index in [1.807, 2.05) is 0 Å². The van der Waals surface area contributed by atoms with Crippen molar-refractivity contribution in [1.29, 1.82) is 0 Å². The van der Waals surface area contributed by atoms with Crippen LogP contribution in [0.25, 0.3) is 0 Å². The summed E-state index contributed by atoms with van der Waals surface area (Å²) in [4.78, 5) is 80.5. The lowest BCUT2D eigenvalue weighted by atomic mass is 10.1. The van der Waals surface area contributed by atoms with Crippen LogP contribution in [0, 0.1) is 0 Å². The monoisotopic (exact) mass is 475 g/mol. The maximum atomic E-state index is 12.5. The van der Waals surface area contributed by atoms with Crippen LogP contribution < -0.4 is 27.4 Å². The van der Waals surface area contributed by atoms with Crippen molar-refractivity contribution in [2.75, 3.05) is 0 Å². The lowest BCUT2D eigenvalue weighted by Crippen LogP contribution is -2.56. The second kappa shape index (κ2) is 14.3. The molecule has 0 aliphatic heterocycles. The molecule has 0 aromatic carbocycles. The normalized spacial score (nSPS) is 14.1. The fourth-order valence-corrected chi connectivity index (χ4v) is 2.45. The van der Waals surface area contributed by atoms with Gasteiger partial charge in [0.25, 0.3) is 0 Å². The van der Waals surface area contributed by atoms with E-state index in [0.717, 1.165) is 0 Å². The van der Waals surface area contributed by atoms with E-state index in [-0.39, 0.29) is 12.8 Å². The van der Waals surface area contributed by atoms with Crippen molar-refractivity contribution in [2.45, 2.75) is 69.6 Å². The number of carboxylic acid groups (broad SMARTS) is 3. The van der Waals surface area contributed by atoms with Gasteiger partial charge in [-0.05, 0) is 26.2 Å². The van der Waals surface area contributed by atoms with Gasteiger partial charge in [-0.2, -0.15) is 0 Å². The smallest absolute Gasteiger partial charge is 0.326 e. The first kappa shape index (κ1) is 29.2. The molecule has 0 bridgehead atoms. The van der Waals surface area contributed by atoms with E-state index in [1.165, 1.54) is 6.92 Å². The Kier molecular flexibility index (Phi) is 12.7. The predicted molar refractivity (Wildman–Crippen MR) is 109 cm³/mol. The average molecular weight is 475 g/mol. The van der Waals surface area contributed by atoms with Crippen molar-refractivity contribution >= 4 is 41.5 Å². The molecule has 0 rings (SSSR count). The molecule has 0 fully saturated rings. The van der Waals surface area contributed by atoms with E-state index in [1.54, 1.807) is 0 Å². The Balaban J connectivity index is 5.16. The molecule has 4 unspecified atom stereocenters. The van der Waals surface area contributed by atoms with Crippen molar-refractivity contribution in [3.63, 3.8) is 0 Å². The Morgan fingerprint density at radius 2 is 1.18 bits per heavy atom. The van der Waals surface area contributed by atoms with Gasteiger partial charge in [-0.25, -0.2) is 4.79 Å². The van der Waals surface area contributed by atoms with Gasteiger partial charge < -0.3 is 42.7 Å². The summed E-state index contributed by atoms with van der Waals surface area (Å²) in [5.74, 6) is -7.47. The van der Waals surface area contributed by atoms with Crippen LogP contribution >= 0.6 is 0 Å². The summed E-state index contributed by atoms with van der Waals surface area (Å²) in [6, 6.07) is -5.43. The van der Waals surface area contributed by atoms with Crippen LogP contribution in [0.4, 0.5) is 0 Å². The Labute approximate surface area is 188 Å². The molecule has 10 N–H and O–H groups in total. The van der Waals surface area contributed by atoms with Gasteiger partial charge in [-0.3, -0.25) is 28.8 Å². The Morgan fingerprint density at radius 3 is 1.64 bits per heavy atom. The molecule has 0 saturated carbocycles. The molecule has 33 heavy (non-hydrogen) atoms. The zero-order valence-electron chi connectivity index (χ0n) is 17.9. The first-order chi connectivity index (χ1) is 15.2. The van der Waals surface area contributed by atoms with Gasteiger partial charge in [0.1, 0.15) is 18.1 Å². The van der Waals surface area contributed by atoms with E-state index in [4.69, 9.17) is 26.8 Å². The number of primary amides is 1. The Bertz CT molecular complexity index is 772. The maximum absolute atomic E-state index is 12.5. The summed E-state index contributed by atoms with van der Waals surface area (Å²) in [6.07, 6.45) is -2.17. The van der Waals surface area contributed by atoms with Crippen LogP contribution in [0.15, 0.2) is 0 Å². The van der Waals surface area contributed by atoms with E-state index in [0.29, 0.717) is 0 Å². The molecule has 0 radical (unpaired) electrons. The average Bonchev–Trinajstić information content (AvgIpc) is 2.70. The van der Waals surface area contributed by atoms with Crippen LogP contribution in [0.2, 0.25) is 0 Å². The van der Waals surface area contributed by atoms with Gasteiger partial charge >= 0.3 is 17.9 Å². The van der Waals surface area contributed by atoms with E-state index in [2.05, 4.69) is 16.0 Å². The lowest BCUT2D eigenvalue weighted by molar-refractivity contribution is -0.144. The number of hydrogen-bond acceptors (Lipinski definition) is 8. The molecule has 186 valence electrons. The molecule has 0 heterocycles. The van der Waals surface area contributed by atoms with Crippen molar-refractivity contribution in [3.05, 3.63) is 0 Å². The molecular formula is C18H29N5O10. The summed E-state index contributed by atoms with van der Waals surface area (Å²) in [5.41, 5.74) is 10.6. The number of carbonyl (C=O) groups excluding carboxylic acids is 4. The zero-order chi connectivity index (χ0) is 25.7. The number of aliphatic carboxylic acids is 3. The quantitative estimate of drug-likeness (QED) is 0.110. The van der Waals surface area contributed by atoms with Crippen molar-refractivity contribution in [2.24, 2.45) is 11.5 Å². The van der Waals surface area contributed by atoms with Gasteiger partial charge in [-0.1, -0.05) is 0 Å². The molecule has 15 nitrogen and oxygen atoms in total. The number of carbonyl (C=O) groups is 7. The minimum atomic E-state index is -1.58. The molecule has 0 aliphatic carbocycles.